The lowest BCUT2D eigenvalue weighted by atomic mass is 10.0. The Balaban J connectivity index is 2.06. The quantitative estimate of drug-likeness (QED) is 0.840. The van der Waals surface area contributed by atoms with E-state index < -0.39 is 0 Å². The summed E-state index contributed by atoms with van der Waals surface area (Å²) in [5.41, 5.74) is 2.09. The molecular weight excluding hydrogens is 286 g/mol. The lowest BCUT2D eigenvalue weighted by Crippen LogP contribution is -2.38. The van der Waals surface area contributed by atoms with Crippen LogP contribution in [0.4, 0.5) is 0 Å². The van der Waals surface area contributed by atoms with Crippen LogP contribution in [0.15, 0.2) is 60.7 Å². The van der Waals surface area contributed by atoms with Gasteiger partial charge in [0, 0.05) is 6.04 Å². The van der Waals surface area contributed by atoms with Gasteiger partial charge in [-0.15, -0.1) is 0 Å². The minimum atomic E-state index is -0.238. The van der Waals surface area contributed by atoms with Gasteiger partial charge in [0.25, 0.3) is 0 Å². The summed E-state index contributed by atoms with van der Waals surface area (Å²) < 4.78 is 5.94. The summed E-state index contributed by atoms with van der Waals surface area (Å²) in [7, 11) is 0. The second-order valence-electron chi connectivity index (χ2n) is 6.11. The van der Waals surface area contributed by atoms with Gasteiger partial charge in [0.05, 0.1) is 0 Å². The summed E-state index contributed by atoms with van der Waals surface area (Å²) in [5.74, 6) is 0.320. The fraction of sp³-hybridized carbons (Fsp3) is 0.350. The second kappa shape index (κ2) is 8.49. The van der Waals surface area contributed by atoms with E-state index >= 15 is 0 Å². The van der Waals surface area contributed by atoms with Crippen molar-refractivity contribution in [2.75, 3.05) is 6.61 Å². The summed E-state index contributed by atoms with van der Waals surface area (Å²) in [6.07, 6.45) is -0.238. The number of ether oxygens (including phenoxy) is 1. The number of nitrogens with one attached hydrogen (secondary N) is 1. The molecule has 3 nitrogen and oxygen atoms in total. The molecule has 1 unspecified atom stereocenters. The Morgan fingerprint density at radius 3 is 1.83 bits per heavy atom. The highest BCUT2D eigenvalue weighted by molar-refractivity contribution is 5.77. The molecule has 122 valence electrons. The van der Waals surface area contributed by atoms with Crippen molar-refractivity contribution in [1.29, 1.82) is 0 Å². The van der Waals surface area contributed by atoms with Crippen molar-refractivity contribution < 1.29 is 9.53 Å². The number of carbonyl (C=O) groups is 1. The van der Waals surface area contributed by atoms with Crippen molar-refractivity contribution in [3.8, 4) is 0 Å². The highest BCUT2D eigenvalue weighted by Crippen LogP contribution is 2.25. The highest BCUT2D eigenvalue weighted by Gasteiger charge is 2.17. The number of amides is 1. The van der Waals surface area contributed by atoms with Crippen molar-refractivity contribution in [1.82, 2.24) is 5.32 Å². The monoisotopic (exact) mass is 311 g/mol. The first-order valence-corrected chi connectivity index (χ1v) is 8.08. The number of hydrogen-bond acceptors (Lipinski definition) is 2. The Hall–Kier alpha value is -2.13. The molecule has 0 saturated heterocycles. The summed E-state index contributed by atoms with van der Waals surface area (Å²) in [6.45, 7) is 6.23. The average molecular weight is 311 g/mol. The van der Waals surface area contributed by atoms with E-state index in [0.29, 0.717) is 5.92 Å². The largest absolute Gasteiger partial charge is 0.359 e. The Bertz CT molecular complexity index is 556. The minimum absolute atomic E-state index is 0.0471. The van der Waals surface area contributed by atoms with Crippen molar-refractivity contribution in [2.45, 2.75) is 32.9 Å². The molecule has 2 aromatic rings. The fourth-order valence-electron chi connectivity index (χ4n) is 2.26. The Morgan fingerprint density at radius 1 is 0.913 bits per heavy atom. The lowest BCUT2D eigenvalue weighted by Gasteiger charge is -2.21. The predicted octanol–water partition coefficient (Wildman–Crippen LogP) is 3.95. The van der Waals surface area contributed by atoms with Crippen LogP contribution in [0.2, 0.25) is 0 Å². The Kier molecular flexibility index (Phi) is 6.36. The third kappa shape index (κ3) is 5.22. The third-order valence-corrected chi connectivity index (χ3v) is 3.97. The van der Waals surface area contributed by atoms with Crippen LogP contribution >= 0.6 is 0 Å². The maximum atomic E-state index is 12.1. The lowest BCUT2D eigenvalue weighted by molar-refractivity contribution is -0.127. The highest BCUT2D eigenvalue weighted by atomic mass is 16.5. The zero-order valence-corrected chi connectivity index (χ0v) is 14.0. The Labute approximate surface area is 138 Å². The zero-order valence-electron chi connectivity index (χ0n) is 14.0. The van der Waals surface area contributed by atoms with Crippen molar-refractivity contribution >= 4 is 5.91 Å². The van der Waals surface area contributed by atoms with Crippen LogP contribution in [-0.2, 0) is 9.53 Å². The van der Waals surface area contributed by atoms with Gasteiger partial charge in [-0.25, -0.2) is 0 Å². The summed E-state index contributed by atoms with van der Waals surface area (Å²) >= 11 is 0. The van der Waals surface area contributed by atoms with Gasteiger partial charge in [0.2, 0.25) is 5.91 Å². The van der Waals surface area contributed by atoms with E-state index in [1.54, 1.807) is 0 Å². The van der Waals surface area contributed by atoms with Crippen molar-refractivity contribution in [3.05, 3.63) is 71.8 Å². The van der Waals surface area contributed by atoms with Gasteiger partial charge in [-0.1, -0.05) is 74.5 Å². The normalized spacial score (nSPS) is 12.4. The molecule has 23 heavy (non-hydrogen) atoms. The van der Waals surface area contributed by atoms with E-state index in [-0.39, 0.29) is 24.7 Å². The smallest absolute Gasteiger partial charge is 0.246 e. The molecule has 0 heterocycles. The summed E-state index contributed by atoms with van der Waals surface area (Å²) in [5, 5.41) is 2.97. The molecule has 3 heteroatoms. The van der Waals surface area contributed by atoms with Crippen molar-refractivity contribution in [3.63, 3.8) is 0 Å². The molecule has 0 aliphatic carbocycles. The molecule has 1 N–H and O–H groups in total. The van der Waals surface area contributed by atoms with E-state index in [1.807, 2.05) is 67.6 Å². The van der Waals surface area contributed by atoms with Gasteiger partial charge < -0.3 is 10.1 Å². The number of rotatable bonds is 7. The van der Waals surface area contributed by atoms with Crippen LogP contribution in [0.5, 0.6) is 0 Å². The van der Waals surface area contributed by atoms with Gasteiger partial charge in [0.1, 0.15) is 12.7 Å². The maximum Gasteiger partial charge on any atom is 0.246 e. The molecular formula is C20H25NO2. The molecule has 0 bridgehead atoms. The van der Waals surface area contributed by atoms with E-state index in [9.17, 15) is 4.79 Å². The van der Waals surface area contributed by atoms with Crippen molar-refractivity contribution in [2.24, 2.45) is 5.92 Å². The predicted molar refractivity (Wildman–Crippen MR) is 93.1 cm³/mol. The van der Waals surface area contributed by atoms with Crippen LogP contribution in [0.25, 0.3) is 0 Å². The summed E-state index contributed by atoms with van der Waals surface area (Å²) in [6, 6.07) is 20.1. The van der Waals surface area contributed by atoms with Gasteiger partial charge in [-0.2, -0.15) is 0 Å². The summed E-state index contributed by atoms with van der Waals surface area (Å²) in [4.78, 5) is 12.1. The molecule has 2 aromatic carbocycles. The first kappa shape index (κ1) is 17.2. The number of hydrogen-bond donors (Lipinski definition) is 1. The van der Waals surface area contributed by atoms with E-state index in [4.69, 9.17) is 4.74 Å². The minimum Gasteiger partial charge on any atom is -0.359 e. The second-order valence-corrected chi connectivity index (χ2v) is 6.11. The molecule has 1 amide bonds. The van der Waals surface area contributed by atoms with Gasteiger partial charge in [0.15, 0.2) is 0 Å². The maximum absolute atomic E-state index is 12.1. The van der Waals surface area contributed by atoms with Crippen LogP contribution in [0, 0.1) is 5.92 Å². The third-order valence-electron chi connectivity index (χ3n) is 3.97. The first-order valence-electron chi connectivity index (χ1n) is 8.08. The van der Waals surface area contributed by atoms with Gasteiger partial charge in [-0.3, -0.25) is 4.79 Å². The van der Waals surface area contributed by atoms with Crippen LogP contribution in [-0.4, -0.2) is 18.6 Å². The van der Waals surface area contributed by atoms with E-state index in [1.165, 1.54) is 0 Å². The fourth-order valence-corrected chi connectivity index (χ4v) is 2.26. The molecule has 0 spiro atoms. The molecule has 0 aromatic heterocycles. The first-order chi connectivity index (χ1) is 11.1. The van der Waals surface area contributed by atoms with Crippen LogP contribution in [0.3, 0.4) is 0 Å². The molecule has 0 aliphatic rings. The molecule has 0 aliphatic heterocycles. The van der Waals surface area contributed by atoms with Crippen LogP contribution < -0.4 is 5.32 Å². The molecule has 0 fully saturated rings. The SMILES string of the molecule is CC(C)C(C)NC(=O)COC(c1ccccc1)c1ccccc1. The molecule has 1 atom stereocenters. The van der Waals surface area contributed by atoms with E-state index in [2.05, 4.69) is 19.2 Å². The molecule has 2 rings (SSSR count). The molecule has 0 radical (unpaired) electrons. The van der Waals surface area contributed by atoms with Gasteiger partial charge in [-0.05, 0) is 24.0 Å². The number of carbonyl (C=O) groups excluding carboxylic acids is 1. The van der Waals surface area contributed by atoms with E-state index in [0.717, 1.165) is 11.1 Å². The number of benzene rings is 2. The van der Waals surface area contributed by atoms with Crippen LogP contribution in [0.1, 0.15) is 38.0 Å². The standard InChI is InChI=1S/C20H25NO2/c1-15(2)16(3)21-19(22)14-23-20(17-10-6-4-7-11-17)18-12-8-5-9-13-18/h4-13,15-16,20H,14H2,1-3H3,(H,21,22). The average Bonchev–Trinajstić information content (AvgIpc) is 2.57. The van der Waals surface area contributed by atoms with Gasteiger partial charge >= 0.3 is 0 Å². The zero-order chi connectivity index (χ0) is 16.7. The molecule has 0 saturated carbocycles. The Morgan fingerprint density at radius 2 is 1.39 bits per heavy atom. The topological polar surface area (TPSA) is 38.3 Å².